The normalized spacial score (nSPS) is 28.1. The van der Waals surface area contributed by atoms with Crippen LogP contribution in [-0.4, -0.2) is 58.8 Å². The second kappa shape index (κ2) is 6.71. The first-order valence-corrected chi connectivity index (χ1v) is 9.71. The minimum atomic E-state index is 0.388. The van der Waals surface area contributed by atoms with Crippen molar-refractivity contribution in [3.8, 4) is 0 Å². The molecule has 3 fully saturated rings. The monoisotopic (exact) mass is 334 g/mol. The van der Waals surface area contributed by atoms with Crippen LogP contribution in [0.2, 0.25) is 0 Å². The molecule has 3 aliphatic rings. The number of aromatic nitrogens is 1. The Hall–Kier alpha value is -0.620. The van der Waals surface area contributed by atoms with Crippen molar-refractivity contribution < 1.29 is 9.47 Å². The zero-order valence-electron chi connectivity index (χ0n) is 13.9. The molecule has 1 aromatic heterocycles. The zero-order chi connectivity index (χ0) is 15.7. The lowest BCUT2D eigenvalue weighted by molar-refractivity contribution is -0.0195. The molecule has 0 saturated carbocycles. The van der Waals surface area contributed by atoms with E-state index in [1.807, 2.05) is 13.0 Å². The lowest BCUT2D eigenvalue weighted by Crippen LogP contribution is -2.62. The highest BCUT2D eigenvalue weighted by Gasteiger charge is 2.50. The molecule has 0 aromatic carbocycles. The number of likely N-dealkylation sites (tertiary alicyclic amines) is 1. The molecule has 0 aliphatic carbocycles. The van der Waals surface area contributed by atoms with E-state index in [9.17, 15) is 0 Å². The fraction of sp³-hybridized carbons (Fsp3) is 0.722. The summed E-state index contributed by atoms with van der Waals surface area (Å²) in [5, 5.41) is 0. The van der Waals surface area contributed by atoms with Gasteiger partial charge in [-0.1, -0.05) is 6.07 Å². The third kappa shape index (κ3) is 3.58. The van der Waals surface area contributed by atoms with Gasteiger partial charge in [0.15, 0.2) is 0 Å². The molecular weight excluding hydrogens is 308 g/mol. The van der Waals surface area contributed by atoms with Crippen LogP contribution >= 0.6 is 11.8 Å². The van der Waals surface area contributed by atoms with Crippen molar-refractivity contribution in [1.82, 2.24) is 9.88 Å². The van der Waals surface area contributed by atoms with E-state index in [0.29, 0.717) is 17.5 Å². The van der Waals surface area contributed by atoms with Gasteiger partial charge in [-0.15, -0.1) is 11.8 Å². The van der Waals surface area contributed by atoms with Gasteiger partial charge in [-0.2, -0.15) is 0 Å². The molecule has 5 heteroatoms. The SMILES string of the molecule is Cc1cccc(COC2CSC3(C2)CN(C2CCOCC2)C3)n1. The summed E-state index contributed by atoms with van der Waals surface area (Å²) in [5.41, 5.74) is 2.11. The summed E-state index contributed by atoms with van der Waals surface area (Å²) in [5.74, 6) is 1.13. The molecular formula is C18H26N2O2S. The van der Waals surface area contributed by atoms with Crippen molar-refractivity contribution in [2.24, 2.45) is 0 Å². The van der Waals surface area contributed by atoms with E-state index in [4.69, 9.17) is 9.47 Å². The highest BCUT2D eigenvalue weighted by atomic mass is 32.2. The Balaban J connectivity index is 1.24. The zero-order valence-corrected chi connectivity index (χ0v) is 14.7. The van der Waals surface area contributed by atoms with Gasteiger partial charge in [0.25, 0.3) is 0 Å². The molecule has 0 N–H and O–H groups in total. The van der Waals surface area contributed by atoms with Gasteiger partial charge >= 0.3 is 0 Å². The van der Waals surface area contributed by atoms with Crippen molar-refractivity contribution in [3.05, 3.63) is 29.6 Å². The third-order valence-corrected chi connectivity index (χ3v) is 6.85. The molecule has 3 saturated heterocycles. The van der Waals surface area contributed by atoms with Crippen molar-refractivity contribution in [2.75, 3.05) is 32.1 Å². The lowest BCUT2D eigenvalue weighted by Gasteiger charge is -2.52. The molecule has 4 nitrogen and oxygen atoms in total. The predicted molar refractivity (Wildman–Crippen MR) is 92.8 cm³/mol. The van der Waals surface area contributed by atoms with Gasteiger partial charge in [0.1, 0.15) is 0 Å². The van der Waals surface area contributed by atoms with Crippen LogP contribution in [0.4, 0.5) is 0 Å². The first-order chi connectivity index (χ1) is 11.2. The van der Waals surface area contributed by atoms with Crippen LogP contribution in [-0.2, 0) is 16.1 Å². The highest BCUT2D eigenvalue weighted by Crippen LogP contribution is 2.47. The standard InChI is InChI=1S/C18H26N2O2S/c1-14-3-2-4-15(19-14)10-22-17-9-18(23-11-17)12-20(13-18)16-5-7-21-8-6-16/h2-4,16-17H,5-13H2,1H3. The third-order valence-electron chi connectivity index (χ3n) is 5.28. The smallest absolute Gasteiger partial charge is 0.0892 e. The Morgan fingerprint density at radius 3 is 2.96 bits per heavy atom. The molecule has 23 heavy (non-hydrogen) atoms. The van der Waals surface area contributed by atoms with E-state index < -0.39 is 0 Å². The van der Waals surface area contributed by atoms with Gasteiger partial charge in [-0.05, 0) is 38.3 Å². The molecule has 0 radical (unpaired) electrons. The molecule has 0 bridgehead atoms. The largest absolute Gasteiger partial charge is 0.381 e. The number of pyridine rings is 1. The van der Waals surface area contributed by atoms with Gasteiger partial charge in [0, 0.05) is 48.5 Å². The number of rotatable bonds is 4. The Kier molecular flexibility index (Phi) is 4.63. The summed E-state index contributed by atoms with van der Waals surface area (Å²) in [6.45, 7) is 7.04. The second-order valence-corrected chi connectivity index (χ2v) is 8.64. The quantitative estimate of drug-likeness (QED) is 0.846. The van der Waals surface area contributed by atoms with Crippen molar-refractivity contribution in [1.29, 1.82) is 0 Å². The number of ether oxygens (including phenoxy) is 2. The summed E-state index contributed by atoms with van der Waals surface area (Å²) >= 11 is 2.13. The number of nitrogens with zero attached hydrogens (tertiary/aromatic N) is 2. The van der Waals surface area contributed by atoms with E-state index >= 15 is 0 Å². The minimum Gasteiger partial charge on any atom is -0.381 e. The first-order valence-electron chi connectivity index (χ1n) is 8.72. The topological polar surface area (TPSA) is 34.6 Å². The maximum atomic E-state index is 6.13. The maximum Gasteiger partial charge on any atom is 0.0892 e. The Morgan fingerprint density at radius 2 is 2.17 bits per heavy atom. The maximum absolute atomic E-state index is 6.13. The molecule has 3 aliphatic heterocycles. The molecule has 4 heterocycles. The molecule has 126 valence electrons. The first kappa shape index (κ1) is 15.9. The summed E-state index contributed by atoms with van der Waals surface area (Å²) in [7, 11) is 0. The van der Waals surface area contributed by atoms with Gasteiger partial charge < -0.3 is 9.47 Å². The molecule has 0 amide bonds. The average Bonchev–Trinajstić information content (AvgIpc) is 2.97. The fourth-order valence-corrected chi connectivity index (χ4v) is 5.59. The Bertz CT molecular complexity index is 542. The van der Waals surface area contributed by atoms with Crippen LogP contribution in [0.25, 0.3) is 0 Å². The van der Waals surface area contributed by atoms with E-state index in [1.165, 1.54) is 32.4 Å². The number of hydrogen-bond donors (Lipinski definition) is 0. The summed E-state index contributed by atoms with van der Waals surface area (Å²) in [6, 6.07) is 6.90. The van der Waals surface area contributed by atoms with Crippen LogP contribution in [0.5, 0.6) is 0 Å². The van der Waals surface area contributed by atoms with Crippen molar-refractivity contribution in [3.63, 3.8) is 0 Å². The van der Waals surface area contributed by atoms with Crippen LogP contribution < -0.4 is 0 Å². The molecule has 1 spiro atoms. The van der Waals surface area contributed by atoms with E-state index in [2.05, 4.69) is 33.8 Å². The van der Waals surface area contributed by atoms with Crippen molar-refractivity contribution >= 4 is 11.8 Å². The fourth-order valence-electron chi connectivity index (χ4n) is 4.02. The summed E-state index contributed by atoms with van der Waals surface area (Å²) in [4.78, 5) is 7.19. The van der Waals surface area contributed by atoms with Gasteiger partial charge in [0.05, 0.1) is 18.4 Å². The number of aryl methyl sites for hydroxylation is 1. The highest BCUT2D eigenvalue weighted by molar-refractivity contribution is 8.01. The second-order valence-electron chi connectivity index (χ2n) is 7.15. The van der Waals surface area contributed by atoms with Crippen molar-refractivity contribution in [2.45, 2.75) is 49.7 Å². The van der Waals surface area contributed by atoms with Gasteiger partial charge in [-0.25, -0.2) is 0 Å². The van der Waals surface area contributed by atoms with Gasteiger partial charge in [0.2, 0.25) is 0 Å². The number of hydrogen-bond acceptors (Lipinski definition) is 5. The minimum absolute atomic E-state index is 0.388. The average molecular weight is 334 g/mol. The van der Waals surface area contributed by atoms with Gasteiger partial charge in [-0.3, -0.25) is 9.88 Å². The summed E-state index contributed by atoms with van der Waals surface area (Å²) in [6.07, 6.45) is 4.00. The van der Waals surface area contributed by atoms with E-state index in [1.54, 1.807) is 0 Å². The molecule has 1 aromatic rings. The van der Waals surface area contributed by atoms with E-state index in [0.717, 1.165) is 36.4 Å². The lowest BCUT2D eigenvalue weighted by atomic mass is 9.89. The van der Waals surface area contributed by atoms with E-state index in [-0.39, 0.29) is 0 Å². The Labute approximate surface area is 142 Å². The number of thioether (sulfide) groups is 1. The van der Waals surface area contributed by atoms with Crippen LogP contribution in [0.15, 0.2) is 18.2 Å². The van der Waals surface area contributed by atoms with Crippen LogP contribution in [0, 0.1) is 6.92 Å². The van der Waals surface area contributed by atoms with Crippen LogP contribution in [0.3, 0.4) is 0 Å². The predicted octanol–water partition coefficient (Wildman–Crippen LogP) is 2.65. The van der Waals surface area contributed by atoms with Crippen LogP contribution in [0.1, 0.15) is 30.7 Å². The Morgan fingerprint density at radius 1 is 1.35 bits per heavy atom. The molecule has 1 unspecified atom stereocenters. The molecule has 1 atom stereocenters. The molecule has 4 rings (SSSR count). The summed E-state index contributed by atoms with van der Waals surface area (Å²) < 4.78 is 12.1.